The Labute approximate surface area is 136 Å². The second-order valence-electron chi connectivity index (χ2n) is 7.38. The van der Waals surface area contributed by atoms with Crippen molar-refractivity contribution in [2.24, 2.45) is 11.8 Å². The summed E-state index contributed by atoms with van der Waals surface area (Å²) in [6.07, 6.45) is 7.36. The fourth-order valence-electron chi connectivity index (χ4n) is 4.85. The maximum Gasteiger partial charge on any atom is 0.311 e. The molecule has 6 nitrogen and oxygen atoms in total. The highest BCUT2D eigenvalue weighted by Crippen LogP contribution is 2.46. The second kappa shape index (κ2) is 5.74. The van der Waals surface area contributed by atoms with Gasteiger partial charge in [-0.25, -0.2) is 4.98 Å². The summed E-state index contributed by atoms with van der Waals surface area (Å²) < 4.78 is 0. The number of hydrogen-bond donors (Lipinski definition) is 0. The lowest BCUT2D eigenvalue weighted by molar-refractivity contribution is -0.384. The van der Waals surface area contributed by atoms with Crippen LogP contribution in [0.25, 0.3) is 0 Å². The molecule has 0 radical (unpaired) electrons. The molecule has 0 N–H and O–H groups in total. The molecule has 6 heteroatoms. The Hall–Kier alpha value is -1.69. The van der Waals surface area contributed by atoms with Gasteiger partial charge in [0.05, 0.1) is 4.92 Å². The highest BCUT2D eigenvalue weighted by Gasteiger charge is 2.43. The molecule has 2 heterocycles. The van der Waals surface area contributed by atoms with Gasteiger partial charge in [0, 0.05) is 44.5 Å². The summed E-state index contributed by atoms with van der Waals surface area (Å²) in [6, 6.07) is 2.39. The number of rotatable bonds is 3. The molecule has 124 valence electrons. The average Bonchev–Trinajstić information content (AvgIpc) is 3.18. The second-order valence-corrected chi connectivity index (χ2v) is 7.38. The van der Waals surface area contributed by atoms with Crippen LogP contribution in [-0.2, 0) is 0 Å². The van der Waals surface area contributed by atoms with Gasteiger partial charge in [-0.3, -0.25) is 15.0 Å². The maximum absolute atomic E-state index is 11.3. The van der Waals surface area contributed by atoms with Crippen LogP contribution in [0.3, 0.4) is 0 Å². The van der Waals surface area contributed by atoms with Crippen molar-refractivity contribution in [3.63, 3.8) is 0 Å². The smallest absolute Gasteiger partial charge is 0.311 e. The van der Waals surface area contributed by atoms with Crippen molar-refractivity contribution in [3.8, 4) is 0 Å². The molecule has 1 aromatic rings. The van der Waals surface area contributed by atoms with Crippen LogP contribution < -0.4 is 4.90 Å². The molecule has 2 bridgehead atoms. The van der Waals surface area contributed by atoms with E-state index in [1.807, 2.05) is 6.92 Å². The van der Waals surface area contributed by atoms with Gasteiger partial charge < -0.3 is 4.90 Å². The Balaban J connectivity index is 1.45. The van der Waals surface area contributed by atoms with E-state index in [1.165, 1.54) is 25.7 Å². The van der Waals surface area contributed by atoms with E-state index < -0.39 is 0 Å². The third-order valence-electron chi connectivity index (χ3n) is 5.96. The van der Waals surface area contributed by atoms with Gasteiger partial charge in [0.25, 0.3) is 0 Å². The van der Waals surface area contributed by atoms with Crippen LogP contribution in [0.1, 0.15) is 31.2 Å². The molecule has 1 saturated heterocycles. The number of anilines is 1. The first-order chi connectivity index (χ1) is 11.1. The lowest BCUT2D eigenvalue weighted by Crippen LogP contribution is -2.52. The first-order valence-corrected chi connectivity index (χ1v) is 8.72. The summed E-state index contributed by atoms with van der Waals surface area (Å²) in [7, 11) is 0. The molecule has 2 aliphatic carbocycles. The van der Waals surface area contributed by atoms with Crippen LogP contribution in [0, 0.1) is 28.9 Å². The predicted octanol–water partition coefficient (Wildman–Crippen LogP) is 2.61. The molecule has 3 unspecified atom stereocenters. The van der Waals surface area contributed by atoms with Crippen LogP contribution in [-0.4, -0.2) is 47.0 Å². The summed E-state index contributed by atoms with van der Waals surface area (Å²) >= 11 is 0. The van der Waals surface area contributed by atoms with Crippen LogP contribution >= 0.6 is 0 Å². The fourth-order valence-corrected chi connectivity index (χ4v) is 4.85. The summed E-state index contributed by atoms with van der Waals surface area (Å²) in [4.78, 5) is 20.1. The molecular weight excluding hydrogens is 292 g/mol. The molecule has 0 aromatic carbocycles. The number of aromatic nitrogens is 1. The topological polar surface area (TPSA) is 62.5 Å². The number of nitro groups is 1. The van der Waals surface area contributed by atoms with E-state index in [4.69, 9.17) is 0 Å². The largest absolute Gasteiger partial charge is 0.348 e. The zero-order valence-electron chi connectivity index (χ0n) is 13.6. The molecule has 1 aliphatic heterocycles. The van der Waals surface area contributed by atoms with E-state index in [0.29, 0.717) is 5.82 Å². The van der Waals surface area contributed by atoms with E-state index in [0.717, 1.165) is 49.6 Å². The van der Waals surface area contributed by atoms with Gasteiger partial charge in [0.15, 0.2) is 0 Å². The molecule has 0 amide bonds. The average molecular weight is 316 g/mol. The van der Waals surface area contributed by atoms with Gasteiger partial charge in [-0.05, 0) is 43.6 Å². The third kappa shape index (κ3) is 2.69. The van der Waals surface area contributed by atoms with E-state index in [1.54, 1.807) is 12.3 Å². The molecule has 23 heavy (non-hydrogen) atoms. The number of nitrogens with zero attached hydrogens (tertiary/aromatic N) is 4. The number of pyridine rings is 1. The van der Waals surface area contributed by atoms with E-state index in [2.05, 4.69) is 14.8 Å². The molecule has 2 saturated carbocycles. The maximum atomic E-state index is 11.3. The normalized spacial score (nSPS) is 30.8. The van der Waals surface area contributed by atoms with Crippen LogP contribution in [0.15, 0.2) is 12.3 Å². The Bertz CT molecular complexity index is 613. The minimum Gasteiger partial charge on any atom is -0.348 e. The molecule has 3 aliphatic rings. The molecule has 1 aromatic heterocycles. The summed E-state index contributed by atoms with van der Waals surface area (Å²) in [5.41, 5.74) is 0.972. The minimum absolute atomic E-state index is 0.137. The van der Waals surface area contributed by atoms with Gasteiger partial charge in [0.1, 0.15) is 0 Å². The highest BCUT2D eigenvalue weighted by molar-refractivity contribution is 5.58. The lowest BCUT2D eigenvalue weighted by atomic mass is 9.93. The Morgan fingerprint density at radius 2 is 2.00 bits per heavy atom. The minimum atomic E-state index is -0.308. The quantitative estimate of drug-likeness (QED) is 0.633. The monoisotopic (exact) mass is 316 g/mol. The van der Waals surface area contributed by atoms with Gasteiger partial charge in [-0.1, -0.05) is 6.42 Å². The van der Waals surface area contributed by atoms with Gasteiger partial charge in [0.2, 0.25) is 5.82 Å². The SMILES string of the molecule is Cc1cnc(N2CCN(C3CC4CCC3C4)CC2)c([N+](=O)[O-])c1. The number of hydrogen-bond acceptors (Lipinski definition) is 5. The predicted molar refractivity (Wildman–Crippen MR) is 88.7 cm³/mol. The molecule has 3 atom stereocenters. The Morgan fingerprint density at radius 3 is 2.61 bits per heavy atom. The molecule has 4 rings (SSSR count). The van der Waals surface area contributed by atoms with Crippen LogP contribution in [0.5, 0.6) is 0 Å². The van der Waals surface area contributed by atoms with E-state index in [9.17, 15) is 10.1 Å². The molecular formula is C17H24N4O2. The highest BCUT2D eigenvalue weighted by atomic mass is 16.6. The van der Waals surface area contributed by atoms with Crippen molar-refractivity contribution in [2.45, 2.75) is 38.6 Å². The number of aryl methyl sites for hydroxylation is 1. The van der Waals surface area contributed by atoms with Gasteiger partial charge >= 0.3 is 5.69 Å². The third-order valence-corrected chi connectivity index (χ3v) is 5.96. The number of piperazine rings is 1. The van der Waals surface area contributed by atoms with Crippen molar-refractivity contribution in [3.05, 3.63) is 27.9 Å². The first-order valence-electron chi connectivity index (χ1n) is 8.72. The first kappa shape index (κ1) is 14.9. The van der Waals surface area contributed by atoms with Crippen molar-refractivity contribution in [2.75, 3.05) is 31.1 Å². The van der Waals surface area contributed by atoms with Crippen molar-refractivity contribution >= 4 is 11.5 Å². The Morgan fingerprint density at radius 1 is 1.22 bits per heavy atom. The Kier molecular flexibility index (Phi) is 3.71. The van der Waals surface area contributed by atoms with Crippen molar-refractivity contribution in [1.29, 1.82) is 0 Å². The van der Waals surface area contributed by atoms with Crippen LogP contribution in [0.2, 0.25) is 0 Å². The van der Waals surface area contributed by atoms with E-state index >= 15 is 0 Å². The zero-order chi connectivity index (χ0) is 16.0. The van der Waals surface area contributed by atoms with Gasteiger partial charge in [-0.15, -0.1) is 0 Å². The summed E-state index contributed by atoms with van der Waals surface area (Å²) in [5, 5.41) is 11.3. The zero-order valence-corrected chi connectivity index (χ0v) is 13.6. The summed E-state index contributed by atoms with van der Waals surface area (Å²) in [6.45, 7) is 5.52. The van der Waals surface area contributed by atoms with Gasteiger partial charge in [-0.2, -0.15) is 0 Å². The summed E-state index contributed by atoms with van der Waals surface area (Å²) in [5.74, 6) is 2.40. The fraction of sp³-hybridized carbons (Fsp3) is 0.706. The van der Waals surface area contributed by atoms with Crippen LogP contribution in [0.4, 0.5) is 11.5 Å². The van der Waals surface area contributed by atoms with Crippen molar-refractivity contribution < 1.29 is 4.92 Å². The lowest BCUT2D eigenvalue weighted by Gasteiger charge is -2.41. The molecule has 0 spiro atoms. The number of fused-ring (bicyclic) bond motifs is 2. The van der Waals surface area contributed by atoms with E-state index in [-0.39, 0.29) is 10.6 Å². The van der Waals surface area contributed by atoms with Crippen molar-refractivity contribution in [1.82, 2.24) is 9.88 Å². The standard InChI is InChI=1S/C17H24N4O2/c1-12-8-16(21(22)23)17(18-11-12)20-6-4-19(5-7-20)15-10-13-2-3-14(15)9-13/h8,11,13-15H,2-7,9-10H2,1H3. The molecule has 3 fully saturated rings.